The summed E-state index contributed by atoms with van der Waals surface area (Å²) in [6.07, 6.45) is 0. The predicted molar refractivity (Wildman–Crippen MR) is 234 cm³/mol. The largest absolute Gasteiger partial charge is 0.413 e. The lowest BCUT2D eigenvalue weighted by atomic mass is 10.2. The number of hydrogen-bond acceptors (Lipinski definition) is 6. The molecule has 1 heterocycles. The molecule has 1 aliphatic rings. The van der Waals surface area contributed by atoms with Gasteiger partial charge in [0.15, 0.2) is 0 Å². The summed E-state index contributed by atoms with van der Waals surface area (Å²) in [4.78, 5) is 0. The Kier molecular flexibility index (Phi) is 12.8. The van der Waals surface area contributed by atoms with E-state index in [-0.39, 0.29) is 0 Å². The third kappa shape index (κ3) is 9.97. The van der Waals surface area contributed by atoms with E-state index in [9.17, 15) is 0 Å². The Morgan fingerprint density at radius 1 is 0.204 bits per heavy atom. The van der Waals surface area contributed by atoms with Gasteiger partial charge in [-0.2, -0.15) is 0 Å². The van der Waals surface area contributed by atoms with Crippen molar-refractivity contribution in [2.75, 3.05) is 0 Å². The van der Waals surface area contributed by atoms with Crippen molar-refractivity contribution in [2.24, 2.45) is 0 Å². The standard InChI is InChI=1S/C42H48O6Si6/c1-31-7-19-37(20-8-31)49-43-50(38-21-9-32(2)10-22-38)45-52(40-25-13-34(4)14-26-40)47-54(42-29-17-36(6)18-30-42)48-53(41-27-15-35(5)16-28-41)46-51(44-49)39-23-11-33(3)12-24-39/h7-30,49-54H,1-6H3. The summed E-state index contributed by atoms with van der Waals surface area (Å²) in [7, 11) is -16.0. The van der Waals surface area contributed by atoms with E-state index in [1.807, 2.05) is 0 Å². The lowest BCUT2D eigenvalue weighted by Gasteiger charge is -2.35. The van der Waals surface area contributed by atoms with Gasteiger partial charge in [-0.1, -0.05) is 179 Å². The molecule has 0 aliphatic carbocycles. The van der Waals surface area contributed by atoms with E-state index in [0.717, 1.165) is 31.1 Å². The quantitative estimate of drug-likeness (QED) is 0.242. The van der Waals surface area contributed by atoms with Crippen LogP contribution in [-0.2, 0) is 24.7 Å². The Morgan fingerprint density at radius 3 is 0.426 bits per heavy atom. The van der Waals surface area contributed by atoms with Crippen molar-refractivity contribution in [1.29, 1.82) is 0 Å². The Labute approximate surface area is 330 Å². The summed E-state index contributed by atoms with van der Waals surface area (Å²) in [5.74, 6) is 0. The second-order valence-electron chi connectivity index (χ2n) is 14.3. The fraction of sp³-hybridized carbons (Fsp3) is 0.143. The van der Waals surface area contributed by atoms with E-state index in [1.165, 1.54) is 33.4 Å². The number of hydrogen-bond donors (Lipinski definition) is 0. The van der Waals surface area contributed by atoms with E-state index in [1.54, 1.807) is 0 Å². The SMILES string of the molecule is Cc1ccc([SiH]2O[SiH](c3ccc(C)cc3)O[SiH](c3ccc(C)cc3)O[SiH](c3ccc(C)cc3)O[SiH](c3ccc(C)cc3)O[SiH](c3ccc(C)cc3)O2)cc1. The van der Waals surface area contributed by atoms with Crippen LogP contribution < -0.4 is 31.1 Å². The van der Waals surface area contributed by atoms with Crippen LogP contribution in [0, 0.1) is 41.5 Å². The highest BCUT2D eigenvalue weighted by Crippen LogP contribution is 2.13. The fourth-order valence-corrected chi connectivity index (χ4v) is 27.1. The van der Waals surface area contributed by atoms with Crippen molar-refractivity contribution in [3.8, 4) is 0 Å². The smallest absolute Gasteiger partial charge is 0.338 e. The highest BCUT2D eigenvalue weighted by Gasteiger charge is 2.39. The van der Waals surface area contributed by atoms with Crippen LogP contribution in [0.3, 0.4) is 0 Å². The van der Waals surface area contributed by atoms with Crippen LogP contribution in [0.25, 0.3) is 0 Å². The molecule has 1 fully saturated rings. The average molecular weight is 817 g/mol. The second kappa shape index (κ2) is 17.9. The van der Waals surface area contributed by atoms with Crippen molar-refractivity contribution >= 4 is 86.8 Å². The molecule has 0 atom stereocenters. The van der Waals surface area contributed by atoms with E-state index in [4.69, 9.17) is 24.7 Å². The number of benzene rings is 6. The summed E-state index contributed by atoms with van der Waals surface area (Å²) in [5, 5.41) is 6.31. The van der Waals surface area contributed by atoms with Gasteiger partial charge in [-0.25, -0.2) is 0 Å². The first kappa shape index (κ1) is 38.6. The molecule has 6 aromatic rings. The molecule has 0 saturated carbocycles. The van der Waals surface area contributed by atoms with Crippen molar-refractivity contribution < 1.29 is 24.7 Å². The molecule has 6 nitrogen and oxygen atoms in total. The molecule has 6 aromatic carbocycles. The van der Waals surface area contributed by atoms with Gasteiger partial charge in [0.1, 0.15) is 0 Å². The summed E-state index contributed by atoms with van der Waals surface area (Å²) in [6, 6.07) is 51.4. The highest BCUT2D eigenvalue weighted by atomic mass is 28.5. The monoisotopic (exact) mass is 816 g/mol. The molecule has 1 saturated heterocycles. The molecule has 7 rings (SSSR count). The summed E-state index contributed by atoms with van der Waals surface area (Å²) in [6.45, 7) is 12.6. The normalized spacial score (nSPS) is 22.6. The van der Waals surface area contributed by atoms with E-state index in [2.05, 4.69) is 187 Å². The zero-order valence-corrected chi connectivity index (χ0v) is 38.7. The van der Waals surface area contributed by atoms with Crippen LogP contribution in [0.2, 0.25) is 0 Å². The van der Waals surface area contributed by atoms with Crippen LogP contribution in [0.4, 0.5) is 0 Å². The molecule has 1 aliphatic heterocycles. The molecular weight excluding hydrogens is 769 g/mol. The zero-order chi connectivity index (χ0) is 37.6. The first-order valence-corrected chi connectivity index (χ1v) is 27.6. The maximum absolute atomic E-state index is 7.37. The second-order valence-corrected chi connectivity index (χ2v) is 28.8. The lowest BCUT2D eigenvalue weighted by molar-refractivity contribution is 0.310. The molecule has 0 amide bonds. The van der Waals surface area contributed by atoms with Gasteiger partial charge in [0.2, 0.25) is 0 Å². The van der Waals surface area contributed by atoms with Gasteiger partial charge in [0.05, 0.1) is 0 Å². The number of rotatable bonds is 6. The van der Waals surface area contributed by atoms with Gasteiger partial charge in [-0.3, -0.25) is 0 Å². The van der Waals surface area contributed by atoms with E-state index >= 15 is 0 Å². The molecule has 54 heavy (non-hydrogen) atoms. The van der Waals surface area contributed by atoms with Crippen molar-refractivity contribution in [3.63, 3.8) is 0 Å². The topological polar surface area (TPSA) is 55.4 Å². The van der Waals surface area contributed by atoms with E-state index in [0.29, 0.717) is 0 Å². The zero-order valence-electron chi connectivity index (χ0n) is 31.8. The minimum atomic E-state index is -2.66. The molecule has 0 aromatic heterocycles. The van der Waals surface area contributed by atoms with Crippen molar-refractivity contribution in [3.05, 3.63) is 179 Å². The Hall–Kier alpha value is -3.62. The summed E-state index contributed by atoms with van der Waals surface area (Å²) < 4.78 is 44.2. The minimum absolute atomic E-state index is 1.05. The van der Waals surface area contributed by atoms with Gasteiger partial charge in [0, 0.05) is 0 Å². The molecule has 276 valence electrons. The molecule has 0 spiro atoms. The molecule has 0 N–H and O–H groups in total. The Balaban J connectivity index is 1.41. The average Bonchev–Trinajstić information content (AvgIpc) is 3.17. The first-order valence-electron chi connectivity index (χ1n) is 18.5. The van der Waals surface area contributed by atoms with Gasteiger partial charge >= 0.3 is 55.7 Å². The van der Waals surface area contributed by atoms with Gasteiger partial charge < -0.3 is 24.7 Å². The highest BCUT2D eigenvalue weighted by molar-refractivity contribution is 6.88. The van der Waals surface area contributed by atoms with Crippen LogP contribution in [0.15, 0.2) is 146 Å². The third-order valence-corrected chi connectivity index (χ3v) is 27.0. The third-order valence-electron chi connectivity index (χ3n) is 9.58. The van der Waals surface area contributed by atoms with Crippen LogP contribution in [0.5, 0.6) is 0 Å². The Morgan fingerprint density at radius 2 is 0.315 bits per heavy atom. The summed E-state index contributed by atoms with van der Waals surface area (Å²) >= 11 is 0. The maximum atomic E-state index is 7.37. The predicted octanol–water partition coefficient (Wildman–Crippen LogP) is 2.72. The Bertz CT molecular complexity index is 1690. The van der Waals surface area contributed by atoms with Gasteiger partial charge in [-0.05, 0) is 72.7 Å². The van der Waals surface area contributed by atoms with Crippen LogP contribution >= 0.6 is 0 Å². The van der Waals surface area contributed by atoms with Crippen molar-refractivity contribution in [2.45, 2.75) is 41.5 Å². The molecule has 0 bridgehead atoms. The first-order chi connectivity index (χ1) is 26.2. The molecule has 12 heteroatoms. The molecule has 0 radical (unpaired) electrons. The van der Waals surface area contributed by atoms with Crippen LogP contribution in [-0.4, -0.2) is 55.7 Å². The van der Waals surface area contributed by atoms with E-state index < -0.39 is 55.7 Å². The molecule has 0 unspecified atom stereocenters. The minimum Gasteiger partial charge on any atom is -0.413 e. The lowest BCUT2D eigenvalue weighted by Crippen LogP contribution is -2.61. The fourth-order valence-electron chi connectivity index (χ4n) is 6.15. The van der Waals surface area contributed by atoms with Gasteiger partial charge in [0.25, 0.3) is 0 Å². The number of aryl methyl sites for hydroxylation is 6. The van der Waals surface area contributed by atoms with Crippen LogP contribution in [0.1, 0.15) is 33.4 Å². The van der Waals surface area contributed by atoms with Crippen molar-refractivity contribution in [1.82, 2.24) is 0 Å². The maximum Gasteiger partial charge on any atom is 0.338 e. The summed E-state index contributed by atoms with van der Waals surface area (Å²) in [5.41, 5.74) is 7.09. The molecular formula is C42H48O6Si6. The van der Waals surface area contributed by atoms with Gasteiger partial charge in [-0.15, -0.1) is 0 Å².